The molecule has 84 valence electrons. The van der Waals surface area contributed by atoms with Gasteiger partial charge < -0.3 is 5.32 Å². The molecule has 0 saturated carbocycles. The van der Waals surface area contributed by atoms with Crippen LogP contribution in [0.2, 0.25) is 0 Å². The van der Waals surface area contributed by atoms with Gasteiger partial charge in [0.1, 0.15) is 0 Å². The first kappa shape index (κ1) is 11.8. The van der Waals surface area contributed by atoms with Crippen molar-refractivity contribution in [1.82, 2.24) is 5.32 Å². The molecule has 1 heterocycles. The highest BCUT2D eigenvalue weighted by Gasteiger charge is 1.99. The van der Waals surface area contributed by atoms with E-state index in [2.05, 4.69) is 63.9 Å². The molecule has 16 heavy (non-hydrogen) atoms. The van der Waals surface area contributed by atoms with Crippen LogP contribution < -0.4 is 5.32 Å². The molecule has 3 heteroatoms. The van der Waals surface area contributed by atoms with E-state index < -0.39 is 0 Å². The standard InChI is InChI=1S/C13H14BrNS/c1-10-6-7-16-13(10)9-15-8-11-2-4-12(14)5-3-11/h2-7,15H,8-9H2,1H3. The predicted molar refractivity (Wildman–Crippen MR) is 73.7 cm³/mol. The highest BCUT2D eigenvalue weighted by molar-refractivity contribution is 9.10. The highest BCUT2D eigenvalue weighted by atomic mass is 79.9. The maximum absolute atomic E-state index is 3.46. The fourth-order valence-corrected chi connectivity index (χ4v) is 2.65. The minimum atomic E-state index is 0.921. The Labute approximate surface area is 109 Å². The van der Waals surface area contributed by atoms with Gasteiger partial charge in [0.25, 0.3) is 0 Å². The summed E-state index contributed by atoms with van der Waals surface area (Å²) in [7, 11) is 0. The number of aryl methyl sites for hydroxylation is 1. The van der Waals surface area contributed by atoms with E-state index in [9.17, 15) is 0 Å². The molecule has 0 aliphatic carbocycles. The number of hydrogen-bond donors (Lipinski definition) is 1. The quantitative estimate of drug-likeness (QED) is 0.895. The molecule has 1 nitrogen and oxygen atoms in total. The molecular weight excluding hydrogens is 282 g/mol. The predicted octanol–water partition coefficient (Wildman–Crippen LogP) is 4.11. The topological polar surface area (TPSA) is 12.0 Å². The summed E-state index contributed by atoms with van der Waals surface area (Å²) < 4.78 is 1.13. The average Bonchev–Trinajstić information content (AvgIpc) is 2.68. The minimum Gasteiger partial charge on any atom is -0.308 e. The van der Waals surface area contributed by atoms with Gasteiger partial charge in [-0.1, -0.05) is 28.1 Å². The number of halogens is 1. The molecule has 1 aromatic carbocycles. The molecule has 0 amide bonds. The normalized spacial score (nSPS) is 10.6. The van der Waals surface area contributed by atoms with Gasteiger partial charge in [0.05, 0.1) is 0 Å². The third kappa shape index (κ3) is 3.17. The van der Waals surface area contributed by atoms with Crippen LogP contribution in [0.5, 0.6) is 0 Å². The molecule has 0 unspecified atom stereocenters. The van der Waals surface area contributed by atoms with Crippen molar-refractivity contribution >= 4 is 27.3 Å². The van der Waals surface area contributed by atoms with E-state index in [1.165, 1.54) is 16.0 Å². The first-order valence-corrected chi connectivity index (χ1v) is 6.91. The third-order valence-corrected chi connectivity index (χ3v) is 4.05. The maximum Gasteiger partial charge on any atom is 0.0305 e. The van der Waals surface area contributed by atoms with Crippen molar-refractivity contribution in [1.29, 1.82) is 0 Å². The van der Waals surface area contributed by atoms with Gasteiger partial charge in [-0.15, -0.1) is 11.3 Å². The molecule has 0 aliphatic heterocycles. The van der Waals surface area contributed by atoms with E-state index in [1.54, 1.807) is 0 Å². The van der Waals surface area contributed by atoms with Crippen molar-refractivity contribution in [2.75, 3.05) is 0 Å². The zero-order valence-electron chi connectivity index (χ0n) is 9.16. The lowest BCUT2D eigenvalue weighted by atomic mass is 10.2. The van der Waals surface area contributed by atoms with E-state index in [4.69, 9.17) is 0 Å². The van der Waals surface area contributed by atoms with Crippen LogP contribution in [0.25, 0.3) is 0 Å². The maximum atomic E-state index is 3.46. The molecular formula is C13H14BrNS. The number of benzene rings is 1. The van der Waals surface area contributed by atoms with E-state index in [1.807, 2.05) is 11.3 Å². The van der Waals surface area contributed by atoms with Gasteiger partial charge in [-0.2, -0.15) is 0 Å². The van der Waals surface area contributed by atoms with E-state index >= 15 is 0 Å². The second-order valence-electron chi connectivity index (χ2n) is 3.76. The summed E-state index contributed by atoms with van der Waals surface area (Å²) in [5, 5.41) is 5.60. The van der Waals surface area contributed by atoms with Crippen LogP contribution >= 0.6 is 27.3 Å². The van der Waals surface area contributed by atoms with Crippen LogP contribution in [0.1, 0.15) is 16.0 Å². The Morgan fingerprint density at radius 3 is 2.50 bits per heavy atom. The second-order valence-corrected chi connectivity index (χ2v) is 5.67. The Morgan fingerprint density at radius 1 is 1.12 bits per heavy atom. The SMILES string of the molecule is Cc1ccsc1CNCc1ccc(Br)cc1. The van der Waals surface area contributed by atoms with E-state index in [-0.39, 0.29) is 0 Å². The molecule has 1 aromatic heterocycles. The van der Waals surface area contributed by atoms with Gasteiger partial charge >= 0.3 is 0 Å². The third-order valence-electron chi connectivity index (χ3n) is 2.50. The number of thiophene rings is 1. The van der Waals surface area contributed by atoms with Crippen molar-refractivity contribution in [3.8, 4) is 0 Å². The van der Waals surface area contributed by atoms with E-state index in [0.717, 1.165) is 17.6 Å². The van der Waals surface area contributed by atoms with Gasteiger partial charge in [0.2, 0.25) is 0 Å². The summed E-state index contributed by atoms with van der Waals surface area (Å²) in [5.41, 5.74) is 2.70. The second kappa shape index (κ2) is 5.62. The Balaban J connectivity index is 1.84. The summed E-state index contributed by atoms with van der Waals surface area (Å²) in [5.74, 6) is 0. The molecule has 0 atom stereocenters. The molecule has 0 fully saturated rings. The lowest BCUT2D eigenvalue weighted by Crippen LogP contribution is -2.12. The molecule has 0 radical (unpaired) electrons. The minimum absolute atomic E-state index is 0.921. The fourth-order valence-electron chi connectivity index (χ4n) is 1.51. The summed E-state index contributed by atoms with van der Waals surface area (Å²) in [6.07, 6.45) is 0. The van der Waals surface area contributed by atoms with Crippen molar-refractivity contribution in [3.63, 3.8) is 0 Å². The summed E-state index contributed by atoms with van der Waals surface area (Å²) >= 11 is 5.25. The smallest absolute Gasteiger partial charge is 0.0305 e. The van der Waals surface area contributed by atoms with Crippen LogP contribution in [-0.2, 0) is 13.1 Å². The molecule has 0 saturated heterocycles. The van der Waals surface area contributed by atoms with Crippen molar-refractivity contribution in [2.45, 2.75) is 20.0 Å². The van der Waals surface area contributed by atoms with Crippen molar-refractivity contribution in [3.05, 3.63) is 56.2 Å². The molecule has 2 aromatic rings. The Bertz CT molecular complexity index is 447. The highest BCUT2D eigenvalue weighted by Crippen LogP contribution is 2.15. The van der Waals surface area contributed by atoms with Crippen molar-refractivity contribution < 1.29 is 0 Å². The van der Waals surface area contributed by atoms with Crippen LogP contribution in [0.4, 0.5) is 0 Å². The fraction of sp³-hybridized carbons (Fsp3) is 0.231. The first-order valence-electron chi connectivity index (χ1n) is 5.24. The monoisotopic (exact) mass is 295 g/mol. The average molecular weight is 296 g/mol. The van der Waals surface area contributed by atoms with Crippen LogP contribution in [-0.4, -0.2) is 0 Å². The number of rotatable bonds is 4. The molecule has 1 N–H and O–H groups in total. The Hall–Kier alpha value is -0.640. The molecule has 0 bridgehead atoms. The summed E-state index contributed by atoms with van der Waals surface area (Å²) in [6, 6.07) is 10.6. The van der Waals surface area contributed by atoms with Crippen LogP contribution in [0.15, 0.2) is 40.2 Å². The van der Waals surface area contributed by atoms with Gasteiger partial charge in [-0.05, 0) is 41.6 Å². The van der Waals surface area contributed by atoms with Gasteiger partial charge in [-0.25, -0.2) is 0 Å². The number of nitrogens with one attached hydrogen (secondary N) is 1. The lowest BCUT2D eigenvalue weighted by Gasteiger charge is -2.04. The zero-order valence-corrected chi connectivity index (χ0v) is 11.6. The summed E-state index contributed by atoms with van der Waals surface area (Å²) in [4.78, 5) is 1.43. The summed E-state index contributed by atoms with van der Waals surface area (Å²) in [6.45, 7) is 4.04. The lowest BCUT2D eigenvalue weighted by molar-refractivity contribution is 0.698. The number of hydrogen-bond acceptors (Lipinski definition) is 2. The van der Waals surface area contributed by atoms with Gasteiger partial charge in [-0.3, -0.25) is 0 Å². The molecule has 0 spiro atoms. The van der Waals surface area contributed by atoms with Crippen LogP contribution in [0.3, 0.4) is 0 Å². The first-order chi connectivity index (χ1) is 7.75. The molecule has 0 aliphatic rings. The zero-order chi connectivity index (χ0) is 11.4. The largest absolute Gasteiger partial charge is 0.308 e. The molecule has 2 rings (SSSR count). The van der Waals surface area contributed by atoms with Crippen molar-refractivity contribution in [2.24, 2.45) is 0 Å². The van der Waals surface area contributed by atoms with Gasteiger partial charge in [0.15, 0.2) is 0 Å². The van der Waals surface area contributed by atoms with Gasteiger partial charge in [0, 0.05) is 22.4 Å². The Morgan fingerprint density at radius 2 is 1.88 bits per heavy atom. The van der Waals surface area contributed by atoms with E-state index in [0.29, 0.717) is 0 Å². The van der Waals surface area contributed by atoms with Crippen LogP contribution in [0, 0.1) is 6.92 Å². The Kier molecular flexibility index (Phi) is 4.16.